The molecule has 0 radical (unpaired) electrons. The summed E-state index contributed by atoms with van der Waals surface area (Å²) in [5.74, 6) is 0.563. The molecule has 7 nitrogen and oxygen atoms in total. The first-order chi connectivity index (χ1) is 15.4. The van der Waals surface area contributed by atoms with Crippen LogP contribution in [0.15, 0.2) is 36.8 Å². The number of carbonyl (C=O) groups excluding carboxylic acids is 1. The van der Waals surface area contributed by atoms with Crippen LogP contribution in [-0.4, -0.2) is 33.3 Å². The van der Waals surface area contributed by atoms with E-state index in [4.69, 9.17) is 0 Å². The van der Waals surface area contributed by atoms with E-state index < -0.39 is 6.43 Å². The van der Waals surface area contributed by atoms with Gasteiger partial charge in [-0.05, 0) is 49.1 Å². The second-order valence-electron chi connectivity index (χ2n) is 8.38. The van der Waals surface area contributed by atoms with Gasteiger partial charge in [0.05, 0.1) is 11.9 Å². The maximum absolute atomic E-state index is 14.1. The van der Waals surface area contributed by atoms with Crippen molar-refractivity contribution >= 4 is 28.8 Å². The van der Waals surface area contributed by atoms with Crippen LogP contribution in [0, 0.1) is 0 Å². The fourth-order valence-electron chi connectivity index (χ4n) is 4.54. The second kappa shape index (κ2) is 7.89. The molecule has 166 valence electrons. The number of nitrogens with one attached hydrogen (secondary N) is 2. The number of aryl methyl sites for hydroxylation is 2. The van der Waals surface area contributed by atoms with Crippen LogP contribution >= 0.6 is 0 Å². The summed E-state index contributed by atoms with van der Waals surface area (Å²) in [4.78, 5) is 18.7. The van der Waals surface area contributed by atoms with E-state index in [1.165, 1.54) is 0 Å². The molecule has 1 aromatic carbocycles. The summed E-state index contributed by atoms with van der Waals surface area (Å²) in [6.45, 7) is 2.58. The highest BCUT2D eigenvalue weighted by molar-refractivity contribution is 5.99. The average molecular weight is 438 g/mol. The molecule has 0 saturated heterocycles. The lowest BCUT2D eigenvalue weighted by molar-refractivity contribution is -0.116. The number of amides is 1. The van der Waals surface area contributed by atoms with Gasteiger partial charge in [0.15, 0.2) is 5.82 Å². The summed E-state index contributed by atoms with van der Waals surface area (Å²) >= 11 is 0. The number of anilines is 4. The van der Waals surface area contributed by atoms with Gasteiger partial charge in [-0.15, -0.1) is 0 Å². The van der Waals surface area contributed by atoms with Crippen molar-refractivity contribution in [3.63, 3.8) is 0 Å². The fourth-order valence-corrected chi connectivity index (χ4v) is 4.54. The van der Waals surface area contributed by atoms with Crippen LogP contribution in [0.25, 0.3) is 11.1 Å². The lowest BCUT2D eigenvalue weighted by Gasteiger charge is -2.33. The molecule has 0 unspecified atom stereocenters. The van der Waals surface area contributed by atoms with E-state index in [1.54, 1.807) is 42.5 Å². The van der Waals surface area contributed by atoms with Gasteiger partial charge in [-0.2, -0.15) is 5.10 Å². The number of pyridine rings is 1. The quantitative estimate of drug-likeness (QED) is 0.623. The smallest absolute Gasteiger partial charge is 0.264 e. The van der Waals surface area contributed by atoms with E-state index in [0.29, 0.717) is 41.3 Å². The van der Waals surface area contributed by atoms with Crippen LogP contribution in [0.5, 0.6) is 0 Å². The summed E-state index contributed by atoms with van der Waals surface area (Å²) in [6, 6.07) is 5.12. The van der Waals surface area contributed by atoms with Crippen LogP contribution < -0.4 is 15.5 Å². The first kappa shape index (κ1) is 20.4. The predicted molar refractivity (Wildman–Crippen MR) is 119 cm³/mol. The molecule has 1 amide bonds. The third-order valence-corrected chi connectivity index (χ3v) is 5.96. The second-order valence-corrected chi connectivity index (χ2v) is 8.38. The molecule has 2 aliphatic rings. The van der Waals surface area contributed by atoms with Gasteiger partial charge < -0.3 is 15.5 Å². The van der Waals surface area contributed by atoms with Crippen LogP contribution in [0.2, 0.25) is 0 Å². The zero-order chi connectivity index (χ0) is 22.4. The molecule has 2 aromatic heterocycles. The van der Waals surface area contributed by atoms with E-state index in [-0.39, 0.29) is 17.5 Å². The average Bonchev–Trinajstić information content (AvgIpc) is 3.12. The summed E-state index contributed by atoms with van der Waals surface area (Å²) < 4.78 is 29.9. The highest BCUT2D eigenvalue weighted by Crippen LogP contribution is 2.44. The fraction of sp³-hybridized carbons (Fsp3) is 0.348. The van der Waals surface area contributed by atoms with E-state index in [9.17, 15) is 13.6 Å². The zero-order valence-corrected chi connectivity index (χ0v) is 17.9. The van der Waals surface area contributed by atoms with Crippen LogP contribution in [-0.2, 0) is 18.3 Å². The molecule has 5 rings (SSSR count). The molecule has 0 bridgehead atoms. The third kappa shape index (κ3) is 3.57. The number of carbonyl (C=O) groups is 1. The first-order valence-electron chi connectivity index (χ1n) is 10.7. The number of aromatic nitrogens is 3. The Bertz CT molecular complexity index is 1190. The van der Waals surface area contributed by atoms with Gasteiger partial charge >= 0.3 is 0 Å². The number of fused-ring (bicyclic) bond motifs is 2. The van der Waals surface area contributed by atoms with E-state index in [2.05, 4.69) is 20.7 Å². The Morgan fingerprint density at radius 3 is 2.88 bits per heavy atom. The molecule has 9 heteroatoms. The van der Waals surface area contributed by atoms with E-state index in [0.717, 1.165) is 24.1 Å². The Balaban J connectivity index is 1.64. The molecule has 2 aliphatic heterocycles. The van der Waals surface area contributed by atoms with Gasteiger partial charge in [0.1, 0.15) is 5.69 Å². The highest BCUT2D eigenvalue weighted by Gasteiger charge is 2.29. The van der Waals surface area contributed by atoms with Crippen molar-refractivity contribution in [2.75, 3.05) is 22.1 Å². The van der Waals surface area contributed by atoms with Gasteiger partial charge in [-0.3, -0.25) is 9.48 Å². The van der Waals surface area contributed by atoms with Crippen molar-refractivity contribution in [2.45, 2.75) is 38.7 Å². The number of hydrogen-bond donors (Lipinski definition) is 2. The highest BCUT2D eigenvalue weighted by atomic mass is 19.3. The maximum Gasteiger partial charge on any atom is 0.264 e. The van der Waals surface area contributed by atoms with Gasteiger partial charge in [0, 0.05) is 55.3 Å². The number of halogens is 2. The van der Waals surface area contributed by atoms with Gasteiger partial charge in [0.2, 0.25) is 5.91 Å². The molecule has 2 N–H and O–H groups in total. The van der Waals surface area contributed by atoms with E-state index in [1.807, 2.05) is 17.9 Å². The predicted octanol–water partition coefficient (Wildman–Crippen LogP) is 4.65. The molecule has 0 fully saturated rings. The Morgan fingerprint density at radius 1 is 1.28 bits per heavy atom. The lowest BCUT2D eigenvalue weighted by atomic mass is 9.93. The van der Waals surface area contributed by atoms with Gasteiger partial charge in [-0.25, -0.2) is 13.8 Å². The Hall–Kier alpha value is -3.49. The van der Waals surface area contributed by atoms with Crippen molar-refractivity contribution in [1.82, 2.24) is 14.8 Å². The van der Waals surface area contributed by atoms with Crippen molar-refractivity contribution in [3.05, 3.63) is 47.9 Å². The van der Waals surface area contributed by atoms with Crippen molar-refractivity contribution in [2.24, 2.45) is 7.05 Å². The monoisotopic (exact) mass is 438 g/mol. The number of alkyl halides is 2. The molecule has 0 aliphatic carbocycles. The summed E-state index contributed by atoms with van der Waals surface area (Å²) in [6.07, 6.45) is 4.37. The lowest BCUT2D eigenvalue weighted by Crippen LogP contribution is -2.27. The molecule has 3 aromatic rings. The zero-order valence-electron chi connectivity index (χ0n) is 17.9. The summed E-state index contributed by atoms with van der Waals surface area (Å²) in [7, 11) is 1.77. The number of nitrogens with zero attached hydrogens (tertiary/aromatic N) is 4. The van der Waals surface area contributed by atoms with Crippen molar-refractivity contribution < 1.29 is 13.6 Å². The van der Waals surface area contributed by atoms with Crippen LogP contribution in [0.1, 0.15) is 37.3 Å². The normalized spacial score (nSPS) is 18.0. The first-order valence-corrected chi connectivity index (χ1v) is 10.7. The number of hydrogen-bond acceptors (Lipinski definition) is 5. The topological polar surface area (TPSA) is 75.1 Å². The minimum atomic E-state index is -2.63. The number of rotatable bonds is 3. The van der Waals surface area contributed by atoms with Crippen LogP contribution in [0.3, 0.4) is 0 Å². The minimum Gasteiger partial charge on any atom is -0.377 e. The largest absolute Gasteiger partial charge is 0.377 e. The van der Waals surface area contributed by atoms with Crippen molar-refractivity contribution in [1.29, 1.82) is 0 Å². The number of benzene rings is 1. The third-order valence-electron chi connectivity index (χ3n) is 5.96. The van der Waals surface area contributed by atoms with Gasteiger partial charge in [0.25, 0.3) is 6.43 Å². The van der Waals surface area contributed by atoms with Crippen molar-refractivity contribution in [3.8, 4) is 11.1 Å². The Labute approximate surface area is 184 Å². The summed E-state index contributed by atoms with van der Waals surface area (Å²) in [5, 5.41) is 10.4. The maximum atomic E-state index is 14.1. The molecule has 0 spiro atoms. The minimum absolute atomic E-state index is 0.0275. The molecular weight excluding hydrogens is 414 g/mol. The molecule has 0 saturated carbocycles. The van der Waals surface area contributed by atoms with E-state index >= 15 is 0 Å². The summed E-state index contributed by atoms with van der Waals surface area (Å²) in [5.41, 5.74) is 4.24. The van der Waals surface area contributed by atoms with Gasteiger partial charge in [-0.1, -0.05) is 0 Å². The molecule has 4 heterocycles. The Morgan fingerprint density at radius 2 is 2.12 bits per heavy atom. The molecular formula is C23H24F2N6O. The van der Waals surface area contributed by atoms with Crippen LogP contribution in [0.4, 0.5) is 31.7 Å². The molecule has 32 heavy (non-hydrogen) atoms. The SMILES string of the molecule is C[C@@H]1CC(=O)Nc2ccnc(N3CCCc4cc(-c5cnn(C)c5)c(C(F)F)cc43)c2N1. The Kier molecular flexibility index (Phi) is 5.03. The molecule has 1 atom stereocenters. The standard InChI is InChI=1S/C23H24F2N6O/c1-13-8-20(32)29-18-5-6-26-23(21(18)28-13)31-7-3-4-14-9-16(15-11-27-30(2)12-15)17(22(24)25)10-19(14)31/h5-6,9-13,22,28H,3-4,7-8H2,1-2H3,(H,29,32)/t13-/m1/s1.